The maximum Gasteiger partial charge on any atom is 0.220 e. The molecule has 1 atom stereocenters. The van der Waals surface area contributed by atoms with Crippen molar-refractivity contribution >= 4 is 17.6 Å². The van der Waals surface area contributed by atoms with E-state index >= 15 is 0 Å². The Hall–Kier alpha value is -3.06. The van der Waals surface area contributed by atoms with Crippen LogP contribution < -0.4 is 21.1 Å². The van der Waals surface area contributed by atoms with Gasteiger partial charge in [-0.05, 0) is 44.0 Å². The van der Waals surface area contributed by atoms with Crippen LogP contribution in [-0.4, -0.2) is 32.1 Å². The molecule has 162 valence electrons. The molecule has 0 aliphatic rings. The van der Waals surface area contributed by atoms with Gasteiger partial charge in [0, 0.05) is 31.3 Å². The summed E-state index contributed by atoms with van der Waals surface area (Å²) in [5, 5.41) is 6.10. The quantitative estimate of drug-likeness (QED) is 0.297. The Balaban J connectivity index is 1.74. The number of anilines is 1. The predicted molar refractivity (Wildman–Crippen MR) is 121 cm³/mol. The van der Waals surface area contributed by atoms with Gasteiger partial charge < -0.3 is 25.8 Å². The van der Waals surface area contributed by atoms with Gasteiger partial charge in [-0.3, -0.25) is 9.79 Å². The zero-order chi connectivity index (χ0) is 21.8. The number of carbonyl (C=O) groups is 1. The maximum absolute atomic E-state index is 12.2. The molecule has 0 heterocycles. The summed E-state index contributed by atoms with van der Waals surface area (Å²) in [5.41, 5.74) is 8.86. The van der Waals surface area contributed by atoms with E-state index in [1.807, 2.05) is 62.4 Å². The topological polar surface area (TPSA) is 98.0 Å². The smallest absolute Gasteiger partial charge is 0.220 e. The highest BCUT2D eigenvalue weighted by molar-refractivity contribution is 5.93. The third-order valence-electron chi connectivity index (χ3n) is 4.49. The lowest BCUT2D eigenvalue weighted by molar-refractivity contribution is -0.121. The number of nitrogens with one attached hydrogen (secondary N) is 2. The second-order valence-electron chi connectivity index (χ2n) is 6.88. The Labute approximate surface area is 178 Å². The monoisotopic (exact) mass is 412 g/mol. The summed E-state index contributed by atoms with van der Waals surface area (Å²) in [6, 6.07) is 15.4. The number of rotatable bonds is 11. The summed E-state index contributed by atoms with van der Waals surface area (Å²) in [7, 11) is 1.65. The number of methoxy groups -OCH3 is 1. The lowest BCUT2D eigenvalue weighted by atomic mass is 10.1. The van der Waals surface area contributed by atoms with Crippen molar-refractivity contribution in [2.24, 2.45) is 10.7 Å². The van der Waals surface area contributed by atoms with Crippen LogP contribution in [0.1, 0.15) is 43.9 Å². The molecule has 0 fully saturated rings. The first-order chi connectivity index (χ1) is 14.5. The van der Waals surface area contributed by atoms with Crippen LogP contribution in [-0.2, 0) is 16.1 Å². The molecular formula is C23H32N4O3. The Morgan fingerprint density at radius 1 is 1.17 bits per heavy atom. The number of hydrogen-bond acceptors (Lipinski definition) is 4. The number of ether oxygens (including phenoxy) is 2. The Morgan fingerprint density at radius 3 is 2.60 bits per heavy atom. The van der Waals surface area contributed by atoms with Crippen molar-refractivity contribution in [3.63, 3.8) is 0 Å². The standard InChI is InChI=1S/C23H32N4O3/c1-4-30-20-13-11-18(12-14-20)17(2)26-22(28)10-7-15-25-23(24)27-21-9-6-5-8-19(21)16-29-3/h5-6,8-9,11-14,17H,4,7,10,15-16H2,1-3H3,(H,26,28)(H3,24,25,27). The van der Waals surface area contributed by atoms with E-state index in [4.69, 9.17) is 15.2 Å². The van der Waals surface area contributed by atoms with Crippen molar-refractivity contribution in [1.29, 1.82) is 0 Å². The number of aliphatic imine (C=N–C) groups is 1. The SMILES string of the molecule is CCOc1ccc(C(C)NC(=O)CCCN=C(N)Nc2ccccc2COC)cc1. The summed E-state index contributed by atoms with van der Waals surface area (Å²) in [5.74, 6) is 1.14. The van der Waals surface area contributed by atoms with Gasteiger partial charge in [0.1, 0.15) is 5.75 Å². The van der Waals surface area contributed by atoms with Crippen molar-refractivity contribution in [1.82, 2.24) is 5.32 Å². The van der Waals surface area contributed by atoms with Crippen LogP contribution >= 0.6 is 0 Å². The molecule has 0 radical (unpaired) electrons. The van der Waals surface area contributed by atoms with E-state index in [1.54, 1.807) is 7.11 Å². The minimum Gasteiger partial charge on any atom is -0.494 e. The van der Waals surface area contributed by atoms with E-state index in [0.717, 1.165) is 22.6 Å². The van der Waals surface area contributed by atoms with Crippen molar-refractivity contribution in [2.45, 2.75) is 39.3 Å². The molecule has 0 aromatic heterocycles. The summed E-state index contributed by atoms with van der Waals surface area (Å²) in [6.45, 7) is 5.50. The molecule has 0 saturated heterocycles. The van der Waals surface area contributed by atoms with Crippen LogP contribution in [0.3, 0.4) is 0 Å². The number of nitrogens with two attached hydrogens (primary N) is 1. The Bertz CT molecular complexity index is 821. The van der Waals surface area contributed by atoms with Gasteiger partial charge in [-0.25, -0.2) is 0 Å². The van der Waals surface area contributed by atoms with E-state index < -0.39 is 0 Å². The van der Waals surface area contributed by atoms with Crippen LogP contribution in [0.25, 0.3) is 0 Å². The molecule has 30 heavy (non-hydrogen) atoms. The normalized spacial score (nSPS) is 12.3. The van der Waals surface area contributed by atoms with E-state index in [1.165, 1.54) is 0 Å². The van der Waals surface area contributed by atoms with E-state index in [0.29, 0.717) is 38.6 Å². The van der Waals surface area contributed by atoms with Gasteiger partial charge >= 0.3 is 0 Å². The summed E-state index contributed by atoms with van der Waals surface area (Å²) in [6.07, 6.45) is 1.00. The average molecular weight is 413 g/mol. The zero-order valence-corrected chi connectivity index (χ0v) is 18.0. The molecule has 1 unspecified atom stereocenters. The molecule has 0 bridgehead atoms. The minimum absolute atomic E-state index is 0.0106. The molecule has 1 amide bonds. The molecule has 4 N–H and O–H groups in total. The van der Waals surface area contributed by atoms with Crippen molar-refractivity contribution in [3.8, 4) is 5.75 Å². The summed E-state index contributed by atoms with van der Waals surface area (Å²) < 4.78 is 10.6. The largest absolute Gasteiger partial charge is 0.494 e. The van der Waals surface area contributed by atoms with E-state index in [2.05, 4.69) is 15.6 Å². The highest BCUT2D eigenvalue weighted by Crippen LogP contribution is 2.18. The second kappa shape index (κ2) is 12.5. The molecule has 7 nitrogen and oxygen atoms in total. The Morgan fingerprint density at radius 2 is 1.90 bits per heavy atom. The molecule has 7 heteroatoms. The second-order valence-corrected chi connectivity index (χ2v) is 6.88. The predicted octanol–water partition coefficient (Wildman–Crippen LogP) is 3.62. The van der Waals surface area contributed by atoms with Crippen LogP contribution in [0, 0.1) is 0 Å². The van der Waals surface area contributed by atoms with Gasteiger partial charge in [0.15, 0.2) is 5.96 Å². The van der Waals surface area contributed by atoms with Crippen LogP contribution in [0.2, 0.25) is 0 Å². The third-order valence-corrected chi connectivity index (χ3v) is 4.49. The highest BCUT2D eigenvalue weighted by Gasteiger charge is 2.09. The van der Waals surface area contributed by atoms with Gasteiger partial charge in [-0.2, -0.15) is 0 Å². The number of nitrogens with zero attached hydrogens (tertiary/aromatic N) is 1. The lowest BCUT2D eigenvalue weighted by Gasteiger charge is -2.15. The molecule has 0 saturated carbocycles. The number of hydrogen-bond donors (Lipinski definition) is 3. The van der Waals surface area contributed by atoms with Gasteiger partial charge in [-0.1, -0.05) is 30.3 Å². The number of amides is 1. The first-order valence-corrected chi connectivity index (χ1v) is 10.2. The van der Waals surface area contributed by atoms with Gasteiger partial charge in [0.25, 0.3) is 0 Å². The van der Waals surface area contributed by atoms with Crippen molar-refractivity contribution in [3.05, 3.63) is 59.7 Å². The average Bonchev–Trinajstić information content (AvgIpc) is 2.73. The first-order valence-electron chi connectivity index (χ1n) is 10.2. The van der Waals surface area contributed by atoms with Gasteiger partial charge in [0.2, 0.25) is 5.91 Å². The first kappa shape index (κ1) is 23.2. The van der Waals surface area contributed by atoms with E-state index in [-0.39, 0.29) is 11.9 Å². The zero-order valence-electron chi connectivity index (χ0n) is 18.0. The van der Waals surface area contributed by atoms with Crippen LogP contribution in [0.5, 0.6) is 5.75 Å². The molecule has 0 spiro atoms. The minimum atomic E-state index is -0.0688. The summed E-state index contributed by atoms with van der Waals surface area (Å²) in [4.78, 5) is 16.5. The number of carbonyl (C=O) groups excluding carboxylic acids is 1. The molecular weight excluding hydrogens is 380 g/mol. The van der Waals surface area contributed by atoms with Gasteiger partial charge in [-0.15, -0.1) is 0 Å². The molecule has 2 aromatic rings. The van der Waals surface area contributed by atoms with Crippen molar-refractivity contribution < 1.29 is 14.3 Å². The highest BCUT2D eigenvalue weighted by atomic mass is 16.5. The fourth-order valence-corrected chi connectivity index (χ4v) is 2.96. The molecule has 2 rings (SSSR count). The number of benzene rings is 2. The Kier molecular flexibility index (Phi) is 9.67. The van der Waals surface area contributed by atoms with Crippen molar-refractivity contribution in [2.75, 3.05) is 25.6 Å². The molecule has 0 aliphatic heterocycles. The number of para-hydroxylation sites is 1. The van der Waals surface area contributed by atoms with E-state index in [9.17, 15) is 4.79 Å². The maximum atomic E-state index is 12.2. The van der Waals surface area contributed by atoms with Crippen LogP contribution in [0.4, 0.5) is 5.69 Å². The number of guanidine groups is 1. The van der Waals surface area contributed by atoms with Crippen LogP contribution in [0.15, 0.2) is 53.5 Å². The summed E-state index contributed by atoms with van der Waals surface area (Å²) >= 11 is 0. The fourth-order valence-electron chi connectivity index (χ4n) is 2.96. The fraction of sp³-hybridized carbons (Fsp3) is 0.391. The lowest BCUT2D eigenvalue weighted by Crippen LogP contribution is -2.27. The third kappa shape index (κ3) is 7.75. The molecule has 0 aliphatic carbocycles. The molecule has 2 aromatic carbocycles. The van der Waals surface area contributed by atoms with Gasteiger partial charge in [0.05, 0.1) is 19.3 Å².